The molecule has 14 heavy (non-hydrogen) atoms. The molecule has 0 radical (unpaired) electrons. The zero-order valence-corrected chi connectivity index (χ0v) is 7.65. The molecule has 0 aliphatic heterocycles. The Morgan fingerprint density at radius 1 is 1.36 bits per heavy atom. The molecule has 0 aliphatic carbocycles. The van der Waals surface area contributed by atoms with Crippen molar-refractivity contribution in [2.24, 2.45) is 0 Å². The number of aromatic carboxylic acids is 1. The fourth-order valence-corrected chi connectivity index (χ4v) is 1.81. The molecule has 0 spiro atoms. The first-order valence-electron chi connectivity index (χ1n) is 3.43. The summed E-state index contributed by atoms with van der Waals surface area (Å²) in [6.45, 7) is 0. The summed E-state index contributed by atoms with van der Waals surface area (Å²) in [6, 6.07) is 3.52. The van der Waals surface area contributed by atoms with Crippen LogP contribution in [0.2, 0.25) is 0 Å². The number of carbonyl (C=O) groups is 1. The summed E-state index contributed by atoms with van der Waals surface area (Å²) in [6.07, 6.45) is 0. The molecule has 0 saturated carbocycles. The van der Waals surface area contributed by atoms with Gasteiger partial charge in [0.25, 0.3) is 10.1 Å². The van der Waals surface area contributed by atoms with Gasteiger partial charge in [-0.2, -0.15) is 8.42 Å². The molecule has 0 amide bonds. The molecule has 0 heterocycles. The lowest BCUT2D eigenvalue weighted by Crippen LogP contribution is -2.10. The third-order valence-corrected chi connectivity index (χ3v) is 2.51. The minimum atomic E-state index is -4.61. The van der Waals surface area contributed by atoms with Crippen molar-refractivity contribution in [3.8, 4) is 0 Å². The van der Waals surface area contributed by atoms with E-state index in [-0.39, 0.29) is 5.69 Å². The number of anilines is 1. The smallest absolute Gasteiger partial charge is 0.337 e. The van der Waals surface area contributed by atoms with Gasteiger partial charge in [0, 0.05) is 0 Å². The number of carboxylic acids is 1. The summed E-state index contributed by atoms with van der Waals surface area (Å²) < 4.78 is 30.3. The first-order chi connectivity index (χ1) is 6.34. The van der Waals surface area contributed by atoms with Crippen LogP contribution >= 0.6 is 0 Å². The highest BCUT2D eigenvalue weighted by molar-refractivity contribution is 7.86. The zero-order valence-electron chi connectivity index (χ0n) is 6.84. The van der Waals surface area contributed by atoms with E-state index in [1.807, 2.05) is 0 Å². The lowest BCUT2D eigenvalue weighted by atomic mass is 10.2. The minimum absolute atomic E-state index is 0.299. The summed E-state index contributed by atoms with van der Waals surface area (Å²) in [5.41, 5.74) is 4.40. The Bertz CT molecular complexity index is 479. The van der Waals surface area contributed by atoms with Gasteiger partial charge in [0.1, 0.15) is 4.90 Å². The van der Waals surface area contributed by atoms with Gasteiger partial charge in [-0.25, -0.2) is 4.79 Å². The molecular weight excluding hydrogens is 210 g/mol. The molecule has 6 nitrogen and oxygen atoms in total. The molecule has 0 unspecified atom stereocenters. The number of hydrogen-bond donors (Lipinski definition) is 3. The molecule has 0 fully saturated rings. The van der Waals surface area contributed by atoms with Gasteiger partial charge >= 0.3 is 5.97 Å². The summed E-state index contributed by atoms with van der Waals surface area (Å²) in [5, 5.41) is 8.62. The van der Waals surface area contributed by atoms with Gasteiger partial charge in [-0.3, -0.25) is 4.55 Å². The molecule has 1 rings (SSSR count). The van der Waals surface area contributed by atoms with Crippen LogP contribution < -0.4 is 5.73 Å². The van der Waals surface area contributed by atoms with Gasteiger partial charge in [0.2, 0.25) is 0 Å². The molecule has 1 aromatic carbocycles. The molecule has 1 aromatic rings. The van der Waals surface area contributed by atoms with Crippen molar-refractivity contribution in [2.45, 2.75) is 4.90 Å². The average molecular weight is 217 g/mol. The van der Waals surface area contributed by atoms with Crippen LogP contribution in [0, 0.1) is 0 Å². The van der Waals surface area contributed by atoms with Gasteiger partial charge < -0.3 is 10.8 Å². The van der Waals surface area contributed by atoms with Gasteiger partial charge in [0.05, 0.1) is 11.3 Å². The number of benzene rings is 1. The fraction of sp³-hybridized carbons (Fsp3) is 0. The predicted octanol–water partition coefficient (Wildman–Crippen LogP) is 0.214. The third kappa shape index (κ3) is 1.83. The Hall–Kier alpha value is -1.60. The van der Waals surface area contributed by atoms with E-state index in [9.17, 15) is 13.2 Å². The van der Waals surface area contributed by atoms with E-state index in [4.69, 9.17) is 15.4 Å². The number of rotatable bonds is 2. The summed E-state index contributed by atoms with van der Waals surface area (Å²) >= 11 is 0. The second-order valence-electron chi connectivity index (χ2n) is 2.50. The average Bonchev–Trinajstić information content (AvgIpc) is 2.01. The number of hydrogen-bond acceptors (Lipinski definition) is 4. The fourth-order valence-electron chi connectivity index (χ4n) is 1.01. The Balaban J connectivity index is 3.62. The van der Waals surface area contributed by atoms with Crippen molar-refractivity contribution in [1.29, 1.82) is 0 Å². The van der Waals surface area contributed by atoms with Crippen LogP contribution in [-0.2, 0) is 10.1 Å². The van der Waals surface area contributed by atoms with Gasteiger partial charge in [0.15, 0.2) is 0 Å². The van der Waals surface area contributed by atoms with Crippen LogP contribution in [0.4, 0.5) is 5.69 Å². The van der Waals surface area contributed by atoms with Gasteiger partial charge in [-0.15, -0.1) is 0 Å². The Morgan fingerprint density at radius 3 is 2.29 bits per heavy atom. The lowest BCUT2D eigenvalue weighted by molar-refractivity contribution is 0.0692. The van der Waals surface area contributed by atoms with Crippen molar-refractivity contribution in [3.63, 3.8) is 0 Å². The Labute approximate surface area is 79.7 Å². The molecule has 4 N–H and O–H groups in total. The van der Waals surface area contributed by atoms with E-state index in [0.717, 1.165) is 6.07 Å². The maximum absolute atomic E-state index is 10.8. The maximum Gasteiger partial charge on any atom is 0.337 e. The maximum atomic E-state index is 10.8. The molecule has 0 saturated heterocycles. The molecule has 0 aromatic heterocycles. The van der Waals surface area contributed by atoms with E-state index in [0.29, 0.717) is 0 Å². The second kappa shape index (κ2) is 3.28. The normalized spacial score (nSPS) is 11.2. The Morgan fingerprint density at radius 2 is 1.93 bits per heavy atom. The van der Waals surface area contributed by atoms with Crippen molar-refractivity contribution in [3.05, 3.63) is 23.8 Å². The molecular formula is C7H7NO5S. The number of nitrogen functional groups attached to an aromatic ring is 1. The number of carboxylic acid groups (broad SMARTS) is 1. The van der Waals surface area contributed by atoms with E-state index < -0.39 is 26.5 Å². The molecule has 76 valence electrons. The van der Waals surface area contributed by atoms with E-state index in [1.165, 1.54) is 12.1 Å². The summed E-state index contributed by atoms with van der Waals surface area (Å²) in [4.78, 5) is 9.82. The molecule has 0 aliphatic rings. The van der Waals surface area contributed by atoms with Crippen LogP contribution in [0.1, 0.15) is 10.4 Å². The van der Waals surface area contributed by atoms with Gasteiger partial charge in [-0.05, 0) is 12.1 Å². The first kappa shape index (κ1) is 10.5. The highest BCUT2D eigenvalue weighted by atomic mass is 32.2. The summed E-state index contributed by atoms with van der Waals surface area (Å²) in [7, 11) is -4.61. The van der Waals surface area contributed by atoms with Crippen molar-refractivity contribution in [2.75, 3.05) is 5.73 Å². The highest BCUT2D eigenvalue weighted by Crippen LogP contribution is 2.22. The van der Waals surface area contributed by atoms with Crippen LogP contribution in [0.25, 0.3) is 0 Å². The van der Waals surface area contributed by atoms with E-state index >= 15 is 0 Å². The quantitative estimate of drug-likeness (QED) is 0.481. The topological polar surface area (TPSA) is 118 Å². The predicted molar refractivity (Wildman–Crippen MR) is 47.6 cm³/mol. The lowest BCUT2D eigenvalue weighted by Gasteiger charge is -2.05. The van der Waals surface area contributed by atoms with Crippen LogP contribution in [0.5, 0.6) is 0 Å². The van der Waals surface area contributed by atoms with E-state index in [2.05, 4.69) is 0 Å². The van der Waals surface area contributed by atoms with Crippen LogP contribution in [-0.4, -0.2) is 24.0 Å². The van der Waals surface area contributed by atoms with Crippen LogP contribution in [0.3, 0.4) is 0 Å². The van der Waals surface area contributed by atoms with Crippen molar-refractivity contribution >= 4 is 21.8 Å². The first-order valence-corrected chi connectivity index (χ1v) is 4.87. The molecule has 7 heteroatoms. The molecule has 0 atom stereocenters. The monoisotopic (exact) mass is 217 g/mol. The highest BCUT2D eigenvalue weighted by Gasteiger charge is 2.22. The third-order valence-electron chi connectivity index (χ3n) is 1.53. The largest absolute Gasteiger partial charge is 0.478 e. The van der Waals surface area contributed by atoms with Crippen molar-refractivity contribution in [1.82, 2.24) is 0 Å². The van der Waals surface area contributed by atoms with Gasteiger partial charge in [-0.1, -0.05) is 6.07 Å². The Kier molecular flexibility index (Phi) is 2.45. The van der Waals surface area contributed by atoms with E-state index in [1.54, 1.807) is 0 Å². The SMILES string of the molecule is Nc1cccc(C(=O)O)c1S(=O)(=O)O. The number of nitrogens with two attached hydrogens (primary N) is 1. The minimum Gasteiger partial charge on any atom is -0.478 e. The standard InChI is InChI=1S/C7H7NO5S/c8-5-3-1-2-4(7(9)10)6(5)14(11,12)13/h1-3H,8H2,(H,9,10)(H,11,12,13). The molecule has 0 bridgehead atoms. The van der Waals surface area contributed by atoms with Crippen LogP contribution in [0.15, 0.2) is 23.1 Å². The second-order valence-corrected chi connectivity index (χ2v) is 3.86. The zero-order chi connectivity index (χ0) is 10.9. The summed E-state index contributed by atoms with van der Waals surface area (Å²) in [5.74, 6) is -1.47. The van der Waals surface area contributed by atoms with Crippen molar-refractivity contribution < 1.29 is 22.9 Å².